The van der Waals surface area contributed by atoms with Crippen LogP contribution in [0.4, 0.5) is 0 Å². The van der Waals surface area contributed by atoms with E-state index in [-0.39, 0.29) is 36.2 Å². The molecule has 1 atom stereocenters. The van der Waals surface area contributed by atoms with Gasteiger partial charge < -0.3 is 10.6 Å². The van der Waals surface area contributed by atoms with E-state index in [9.17, 15) is 13.2 Å². The van der Waals surface area contributed by atoms with Crippen LogP contribution in [0.25, 0.3) is 0 Å². The van der Waals surface area contributed by atoms with Crippen molar-refractivity contribution in [3.05, 3.63) is 35.4 Å². The van der Waals surface area contributed by atoms with E-state index in [4.69, 9.17) is 0 Å². The number of halogens is 1. The molecule has 1 aromatic carbocycles. The Morgan fingerprint density at radius 2 is 1.88 bits per heavy atom. The molecule has 26 heavy (non-hydrogen) atoms. The van der Waals surface area contributed by atoms with E-state index < -0.39 is 10.0 Å². The third-order valence-corrected chi connectivity index (χ3v) is 7.13. The summed E-state index contributed by atoms with van der Waals surface area (Å²) in [5, 5.41) is 6.40. The monoisotopic (exact) mass is 401 g/mol. The van der Waals surface area contributed by atoms with E-state index in [1.807, 2.05) is 19.1 Å². The minimum Gasteiger partial charge on any atom is -0.352 e. The number of amides is 1. The summed E-state index contributed by atoms with van der Waals surface area (Å²) in [7, 11) is -3.13. The molecule has 2 aliphatic heterocycles. The fraction of sp³-hybridized carbons (Fsp3) is 0.611. The second kappa shape index (κ2) is 9.17. The van der Waals surface area contributed by atoms with Gasteiger partial charge in [-0.3, -0.25) is 4.79 Å². The van der Waals surface area contributed by atoms with Gasteiger partial charge in [-0.2, -0.15) is 0 Å². The molecule has 2 heterocycles. The first kappa shape index (κ1) is 21.2. The average molecular weight is 402 g/mol. The summed E-state index contributed by atoms with van der Waals surface area (Å²) in [4.78, 5) is 12.6. The first-order chi connectivity index (χ1) is 12.0. The van der Waals surface area contributed by atoms with Gasteiger partial charge in [-0.15, -0.1) is 12.4 Å². The zero-order valence-corrected chi connectivity index (χ0v) is 16.7. The standard InChI is InChI=1S/C18H27N3O3S.ClH/c1-2-11-25(23,24)21-9-7-16(8-10-21)20-18(22)17-12-14-5-3-4-6-15(14)13-19-17;/h3-6,16-17,19H,2,7-13H2,1H3,(H,20,22);1H. The van der Waals surface area contributed by atoms with Crippen molar-refractivity contribution in [2.45, 2.75) is 51.2 Å². The van der Waals surface area contributed by atoms with Crippen LogP contribution in [-0.4, -0.2) is 49.6 Å². The normalized spacial score (nSPS) is 21.5. The van der Waals surface area contributed by atoms with E-state index in [0.29, 0.717) is 45.3 Å². The predicted molar refractivity (Wildman–Crippen MR) is 105 cm³/mol. The maximum Gasteiger partial charge on any atom is 0.237 e. The minimum atomic E-state index is -3.13. The van der Waals surface area contributed by atoms with Gasteiger partial charge in [-0.05, 0) is 36.8 Å². The number of piperidine rings is 1. The molecule has 1 saturated heterocycles. The summed E-state index contributed by atoms with van der Waals surface area (Å²) in [5.74, 6) is 0.222. The van der Waals surface area contributed by atoms with Gasteiger partial charge in [0.25, 0.3) is 0 Å². The highest BCUT2D eigenvalue weighted by atomic mass is 35.5. The Balaban J connectivity index is 0.00000243. The number of sulfonamides is 1. The Labute approximate surface area is 162 Å². The average Bonchev–Trinajstić information content (AvgIpc) is 2.61. The Morgan fingerprint density at radius 3 is 2.54 bits per heavy atom. The molecule has 2 aliphatic rings. The SMILES string of the molecule is CCCS(=O)(=O)N1CCC(NC(=O)C2Cc3ccccc3CN2)CC1.Cl. The number of nitrogens with zero attached hydrogens (tertiary/aromatic N) is 1. The molecule has 0 aromatic heterocycles. The van der Waals surface area contributed by atoms with Gasteiger partial charge in [0.1, 0.15) is 0 Å². The third kappa shape index (κ3) is 4.97. The lowest BCUT2D eigenvalue weighted by Crippen LogP contribution is -2.53. The number of carbonyl (C=O) groups excluding carboxylic acids is 1. The molecule has 1 amide bonds. The molecule has 146 valence electrons. The number of hydrogen-bond donors (Lipinski definition) is 2. The molecular formula is C18H28ClN3O3S. The quantitative estimate of drug-likeness (QED) is 0.782. The molecule has 0 aliphatic carbocycles. The second-order valence-corrected chi connectivity index (χ2v) is 8.99. The Kier molecular flexibility index (Phi) is 7.46. The van der Waals surface area contributed by atoms with Crippen molar-refractivity contribution in [2.75, 3.05) is 18.8 Å². The zero-order chi connectivity index (χ0) is 17.9. The van der Waals surface area contributed by atoms with Gasteiger partial charge in [-0.1, -0.05) is 31.2 Å². The van der Waals surface area contributed by atoms with E-state index in [0.717, 1.165) is 0 Å². The van der Waals surface area contributed by atoms with Gasteiger partial charge in [0.15, 0.2) is 0 Å². The highest BCUT2D eigenvalue weighted by molar-refractivity contribution is 7.89. The molecule has 0 saturated carbocycles. The van der Waals surface area contributed by atoms with Crippen molar-refractivity contribution in [3.8, 4) is 0 Å². The highest BCUT2D eigenvalue weighted by Crippen LogP contribution is 2.18. The zero-order valence-electron chi connectivity index (χ0n) is 15.1. The number of nitrogens with one attached hydrogen (secondary N) is 2. The molecule has 2 N–H and O–H groups in total. The van der Waals surface area contributed by atoms with Gasteiger partial charge in [0.05, 0.1) is 11.8 Å². The van der Waals surface area contributed by atoms with E-state index in [2.05, 4.69) is 22.8 Å². The molecule has 6 nitrogen and oxygen atoms in total. The smallest absolute Gasteiger partial charge is 0.237 e. The highest BCUT2D eigenvalue weighted by Gasteiger charge is 2.30. The molecule has 0 bridgehead atoms. The van der Waals surface area contributed by atoms with Crippen molar-refractivity contribution < 1.29 is 13.2 Å². The van der Waals surface area contributed by atoms with E-state index in [1.165, 1.54) is 11.1 Å². The molecule has 0 spiro atoms. The Bertz CT molecular complexity index is 718. The van der Waals surface area contributed by atoms with Gasteiger partial charge in [0.2, 0.25) is 15.9 Å². The number of rotatable bonds is 5. The summed E-state index contributed by atoms with van der Waals surface area (Å²) in [6.45, 7) is 3.57. The van der Waals surface area contributed by atoms with Crippen LogP contribution in [0.3, 0.4) is 0 Å². The van der Waals surface area contributed by atoms with E-state index in [1.54, 1.807) is 4.31 Å². The maximum absolute atomic E-state index is 12.6. The summed E-state index contributed by atoms with van der Waals surface area (Å²) in [5.41, 5.74) is 2.47. The molecule has 1 aromatic rings. The van der Waals surface area contributed by atoms with Gasteiger partial charge in [0, 0.05) is 25.7 Å². The van der Waals surface area contributed by atoms with E-state index >= 15 is 0 Å². The lowest BCUT2D eigenvalue weighted by molar-refractivity contribution is -0.124. The second-order valence-electron chi connectivity index (χ2n) is 6.90. The molecule has 0 radical (unpaired) electrons. The van der Waals surface area contributed by atoms with Crippen molar-refractivity contribution in [1.82, 2.24) is 14.9 Å². The Morgan fingerprint density at radius 1 is 1.23 bits per heavy atom. The molecule has 1 unspecified atom stereocenters. The number of fused-ring (bicyclic) bond motifs is 1. The first-order valence-corrected chi connectivity index (χ1v) is 10.7. The molecule has 8 heteroatoms. The summed E-state index contributed by atoms with van der Waals surface area (Å²) in [6.07, 6.45) is 2.69. The summed E-state index contributed by atoms with van der Waals surface area (Å²) < 4.78 is 25.8. The van der Waals surface area contributed by atoms with Crippen molar-refractivity contribution in [1.29, 1.82) is 0 Å². The number of benzene rings is 1. The number of carbonyl (C=O) groups is 1. The lowest BCUT2D eigenvalue weighted by atomic mass is 9.95. The van der Waals surface area contributed by atoms with Crippen molar-refractivity contribution >= 4 is 28.3 Å². The fourth-order valence-corrected chi connectivity index (χ4v) is 5.15. The van der Waals surface area contributed by atoms with Crippen molar-refractivity contribution in [2.24, 2.45) is 0 Å². The fourth-order valence-electron chi connectivity index (χ4n) is 3.61. The van der Waals surface area contributed by atoms with Crippen LogP contribution in [0.15, 0.2) is 24.3 Å². The van der Waals surface area contributed by atoms with Crippen LogP contribution in [-0.2, 0) is 27.8 Å². The van der Waals surface area contributed by atoms with Crippen LogP contribution in [0, 0.1) is 0 Å². The predicted octanol–water partition coefficient (Wildman–Crippen LogP) is 1.44. The maximum atomic E-state index is 12.6. The summed E-state index contributed by atoms with van der Waals surface area (Å²) >= 11 is 0. The van der Waals surface area contributed by atoms with Crippen LogP contribution < -0.4 is 10.6 Å². The van der Waals surface area contributed by atoms with Crippen LogP contribution >= 0.6 is 12.4 Å². The topological polar surface area (TPSA) is 78.5 Å². The van der Waals surface area contributed by atoms with Gasteiger partial charge in [-0.25, -0.2) is 12.7 Å². The molecule has 3 rings (SSSR count). The van der Waals surface area contributed by atoms with Crippen molar-refractivity contribution in [3.63, 3.8) is 0 Å². The van der Waals surface area contributed by atoms with Crippen LogP contribution in [0.1, 0.15) is 37.3 Å². The summed E-state index contributed by atoms with van der Waals surface area (Å²) in [6, 6.07) is 8.03. The lowest BCUT2D eigenvalue weighted by Gasteiger charge is -2.33. The van der Waals surface area contributed by atoms with Crippen LogP contribution in [0.5, 0.6) is 0 Å². The van der Waals surface area contributed by atoms with Gasteiger partial charge >= 0.3 is 0 Å². The first-order valence-electron chi connectivity index (χ1n) is 9.08. The van der Waals surface area contributed by atoms with Crippen LogP contribution in [0.2, 0.25) is 0 Å². The largest absolute Gasteiger partial charge is 0.352 e. The molecular weight excluding hydrogens is 374 g/mol. The molecule has 1 fully saturated rings. The Hall–Kier alpha value is -1.15. The third-order valence-electron chi connectivity index (χ3n) is 5.05. The minimum absolute atomic E-state index is 0. The number of hydrogen-bond acceptors (Lipinski definition) is 4.